The molecule has 0 bridgehead atoms. The van der Waals surface area contributed by atoms with E-state index in [9.17, 15) is 43.2 Å². The molecule has 0 spiro atoms. The fourth-order valence-electron chi connectivity index (χ4n) is 13.5. The van der Waals surface area contributed by atoms with Crippen LogP contribution in [0.3, 0.4) is 0 Å². The number of ether oxygens (including phenoxy) is 4. The summed E-state index contributed by atoms with van der Waals surface area (Å²) in [6.45, 7) is 12.1. The molecule has 6 atom stereocenters. The second kappa shape index (κ2) is 77.0. The van der Waals surface area contributed by atoms with Gasteiger partial charge in [0.15, 0.2) is 12.2 Å². The van der Waals surface area contributed by atoms with Gasteiger partial charge in [-0.1, -0.05) is 408 Å². The van der Waals surface area contributed by atoms with Gasteiger partial charge in [0.05, 0.1) is 26.4 Å². The van der Waals surface area contributed by atoms with Crippen LogP contribution in [0.15, 0.2) is 0 Å². The summed E-state index contributed by atoms with van der Waals surface area (Å²) >= 11 is 0. The van der Waals surface area contributed by atoms with Crippen LogP contribution < -0.4 is 0 Å². The average molecular weight is 1550 g/mol. The Morgan fingerprint density at radius 1 is 0.274 bits per heavy atom. The van der Waals surface area contributed by atoms with Crippen molar-refractivity contribution >= 4 is 39.5 Å². The monoisotopic (exact) mass is 1550 g/mol. The molecule has 0 aromatic rings. The molecule has 17 nitrogen and oxygen atoms in total. The number of rotatable bonds is 85. The summed E-state index contributed by atoms with van der Waals surface area (Å²) in [7, 11) is -9.92. The molecule has 0 amide bonds. The van der Waals surface area contributed by atoms with Gasteiger partial charge in [-0.15, -0.1) is 0 Å². The fourth-order valence-corrected chi connectivity index (χ4v) is 15.1. The molecule has 0 saturated carbocycles. The van der Waals surface area contributed by atoms with Gasteiger partial charge >= 0.3 is 39.5 Å². The first-order chi connectivity index (χ1) is 51.3. The Morgan fingerprint density at radius 3 is 0.717 bits per heavy atom. The van der Waals surface area contributed by atoms with E-state index in [2.05, 4.69) is 48.5 Å². The Labute approximate surface area is 651 Å². The molecule has 3 N–H and O–H groups in total. The van der Waals surface area contributed by atoms with E-state index in [0.29, 0.717) is 25.7 Å². The SMILES string of the molecule is CCCCCCCCCCC(=O)OC[C@H](COP(=O)(O)OC[C@H](O)COP(=O)(O)OC[C@@H](COC(=O)CCCCCCCCCCCCCCCCCCCCC(C)C)OC(=O)CCCCCCCCCCCCCCCCCCCCC(C)CC)OC(=O)CCCCCCCCCCCCCCC(C)C. The largest absolute Gasteiger partial charge is 0.472 e. The van der Waals surface area contributed by atoms with E-state index >= 15 is 0 Å². The van der Waals surface area contributed by atoms with Crippen LogP contribution in [-0.4, -0.2) is 96.7 Å². The highest BCUT2D eigenvalue weighted by Crippen LogP contribution is 2.45. The molecule has 106 heavy (non-hydrogen) atoms. The van der Waals surface area contributed by atoms with E-state index in [1.807, 2.05) is 0 Å². The lowest BCUT2D eigenvalue weighted by Crippen LogP contribution is -2.30. The van der Waals surface area contributed by atoms with Crippen molar-refractivity contribution in [3.8, 4) is 0 Å². The van der Waals surface area contributed by atoms with Gasteiger partial charge in [-0.25, -0.2) is 9.13 Å². The summed E-state index contributed by atoms with van der Waals surface area (Å²) in [4.78, 5) is 73.1. The molecule has 19 heteroatoms. The van der Waals surface area contributed by atoms with Crippen molar-refractivity contribution in [1.29, 1.82) is 0 Å². The van der Waals surface area contributed by atoms with Gasteiger partial charge < -0.3 is 33.8 Å². The minimum absolute atomic E-state index is 0.107. The van der Waals surface area contributed by atoms with E-state index in [1.165, 1.54) is 263 Å². The number of esters is 4. The molecule has 0 aromatic heterocycles. The molecule has 0 heterocycles. The first kappa shape index (κ1) is 104. The van der Waals surface area contributed by atoms with Gasteiger partial charge in [-0.2, -0.15) is 0 Å². The van der Waals surface area contributed by atoms with E-state index in [4.69, 9.17) is 37.0 Å². The average Bonchev–Trinajstić information content (AvgIpc) is 0.968. The summed E-state index contributed by atoms with van der Waals surface area (Å²) in [5.41, 5.74) is 0. The third-order valence-corrected chi connectivity index (χ3v) is 22.6. The normalized spacial score (nSPS) is 14.1. The fraction of sp³-hybridized carbons (Fsp3) is 0.954. The van der Waals surface area contributed by atoms with Crippen molar-refractivity contribution in [2.75, 3.05) is 39.6 Å². The zero-order valence-electron chi connectivity index (χ0n) is 69.9. The Morgan fingerprint density at radius 2 is 0.481 bits per heavy atom. The highest BCUT2D eigenvalue weighted by atomic mass is 31.2. The van der Waals surface area contributed by atoms with Gasteiger partial charge in [0.2, 0.25) is 0 Å². The van der Waals surface area contributed by atoms with Gasteiger partial charge in [0.1, 0.15) is 19.3 Å². The lowest BCUT2D eigenvalue weighted by molar-refractivity contribution is -0.161. The van der Waals surface area contributed by atoms with Crippen LogP contribution in [0.4, 0.5) is 0 Å². The van der Waals surface area contributed by atoms with Crippen LogP contribution in [0.1, 0.15) is 459 Å². The molecule has 0 radical (unpaired) electrons. The zero-order chi connectivity index (χ0) is 77.9. The van der Waals surface area contributed by atoms with E-state index in [-0.39, 0.29) is 25.7 Å². The van der Waals surface area contributed by atoms with Crippen LogP contribution in [0.25, 0.3) is 0 Å². The quantitative estimate of drug-likeness (QED) is 0.0222. The zero-order valence-corrected chi connectivity index (χ0v) is 71.7. The van der Waals surface area contributed by atoms with Gasteiger partial charge in [-0.3, -0.25) is 37.3 Å². The van der Waals surface area contributed by atoms with Crippen molar-refractivity contribution in [3.63, 3.8) is 0 Å². The standard InChI is InChI=1S/C87H170O17P2/c1-8-10-11-12-13-47-54-61-68-84(89)97-74-82(103-87(92)71-64-57-50-43-37-31-30-33-39-45-52-59-66-79(5)6)76-101-105(93,94)99-72-81(88)73-100-106(95,96)102-77-83(75-98-85(90)69-62-55-48-41-35-28-24-20-16-14-18-22-26-32-38-44-51-58-65-78(3)4)104-86(91)70-63-56-49-42-36-29-25-21-17-15-19-23-27-34-40-46-53-60-67-80(7)9-2/h78-83,88H,8-77H2,1-7H3,(H,93,94)(H,95,96)/t80?,81-,82+,83+/m0/s1. The Hall–Kier alpha value is -1.94. The van der Waals surface area contributed by atoms with Crippen molar-refractivity contribution in [3.05, 3.63) is 0 Å². The number of hydrogen-bond acceptors (Lipinski definition) is 15. The Balaban J connectivity index is 5.18. The predicted molar refractivity (Wildman–Crippen MR) is 437 cm³/mol. The maximum absolute atomic E-state index is 13.2. The first-order valence-corrected chi connectivity index (χ1v) is 47.9. The number of carbonyl (C=O) groups is 4. The minimum Gasteiger partial charge on any atom is -0.462 e. The minimum atomic E-state index is -4.97. The topological polar surface area (TPSA) is 237 Å². The molecule has 0 fully saturated rings. The van der Waals surface area contributed by atoms with Gasteiger partial charge in [0, 0.05) is 25.7 Å². The van der Waals surface area contributed by atoms with Crippen molar-refractivity contribution in [2.24, 2.45) is 17.8 Å². The molecule has 0 saturated heterocycles. The second-order valence-electron chi connectivity index (χ2n) is 32.5. The summed E-state index contributed by atoms with van der Waals surface area (Å²) in [5, 5.41) is 10.7. The molecule has 0 aromatic carbocycles. The summed E-state index contributed by atoms with van der Waals surface area (Å²) in [5.74, 6) is 0.365. The van der Waals surface area contributed by atoms with E-state index < -0.39 is 97.5 Å². The molecule has 3 unspecified atom stereocenters. The van der Waals surface area contributed by atoms with Crippen molar-refractivity contribution in [2.45, 2.75) is 478 Å². The van der Waals surface area contributed by atoms with Crippen molar-refractivity contribution < 1.29 is 80.2 Å². The van der Waals surface area contributed by atoms with Gasteiger partial charge in [-0.05, 0) is 43.4 Å². The van der Waals surface area contributed by atoms with Crippen LogP contribution >= 0.6 is 15.6 Å². The molecule has 0 aliphatic heterocycles. The number of aliphatic hydroxyl groups excluding tert-OH is 1. The van der Waals surface area contributed by atoms with Crippen LogP contribution in [0.5, 0.6) is 0 Å². The maximum Gasteiger partial charge on any atom is 0.472 e. The molecule has 630 valence electrons. The summed E-state index contributed by atoms with van der Waals surface area (Å²) in [6, 6.07) is 0. The van der Waals surface area contributed by atoms with E-state index in [0.717, 1.165) is 114 Å². The summed E-state index contributed by atoms with van der Waals surface area (Å²) < 4.78 is 68.8. The predicted octanol–water partition coefficient (Wildman–Crippen LogP) is 26.5. The Kier molecular flexibility index (Phi) is 75.6. The number of phosphoric acid groups is 2. The third kappa shape index (κ3) is 78.7. The van der Waals surface area contributed by atoms with Crippen LogP contribution in [-0.2, 0) is 65.4 Å². The number of aliphatic hydroxyl groups is 1. The molecular weight excluding hydrogens is 1380 g/mol. The molecule has 0 aliphatic carbocycles. The number of unbranched alkanes of at least 4 members (excludes halogenated alkanes) is 52. The lowest BCUT2D eigenvalue weighted by atomic mass is 9.99. The third-order valence-electron chi connectivity index (χ3n) is 20.7. The van der Waals surface area contributed by atoms with Crippen molar-refractivity contribution in [1.82, 2.24) is 0 Å². The van der Waals surface area contributed by atoms with Crippen LogP contribution in [0.2, 0.25) is 0 Å². The van der Waals surface area contributed by atoms with Gasteiger partial charge in [0.25, 0.3) is 0 Å². The number of phosphoric ester groups is 2. The number of hydrogen-bond donors (Lipinski definition) is 3. The smallest absolute Gasteiger partial charge is 0.462 e. The maximum atomic E-state index is 13.2. The highest BCUT2D eigenvalue weighted by Gasteiger charge is 2.31. The first-order valence-electron chi connectivity index (χ1n) is 44.9. The second-order valence-corrected chi connectivity index (χ2v) is 35.4. The number of carbonyl (C=O) groups excluding carboxylic acids is 4. The highest BCUT2D eigenvalue weighted by molar-refractivity contribution is 7.47. The summed E-state index contributed by atoms with van der Waals surface area (Å²) in [6.07, 6.45) is 68.2. The Bertz CT molecular complexity index is 2050. The lowest BCUT2D eigenvalue weighted by Gasteiger charge is -2.21. The molecule has 0 aliphatic rings. The van der Waals surface area contributed by atoms with E-state index in [1.54, 1.807) is 0 Å². The molecular formula is C87H170O17P2. The molecule has 0 rings (SSSR count). The van der Waals surface area contributed by atoms with Crippen LogP contribution in [0, 0.1) is 17.8 Å².